The van der Waals surface area contributed by atoms with Crippen LogP contribution in [0.1, 0.15) is 43.0 Å². The number of carbonyl (C=O) groups excluding carboxylic acids is 3. The summed E-state index contributed by atoms with van der Waals surface area (Å²) in [7, 11) is 0. The first-order chi connectivity index (χ1) is 10.00. The first-order valence-corrected chi connectivity index (χ1v) is 7.34. The van der Waals surface area contributed by atoms with E-state index in [2.05, 4.69) is 18.1 Å². The van der Waals surface area contributed by atoms with Crippen LogP contribution in [0.5, 0.6) is 0 Å². The summed E-state index contributed by atoms with van der Waals surface area (Å²) < 4.78 is 0.824. The summed E-state index contributed by atoms with van der Waals surface area (Å²) in [5.41, 5.74) is -0.555. The van der Waals surface area contributed by atoms with Gasteiger partial charge in [-0.2, -0.15) is 0 Å². The van der Waals surface area contributed by atoms with Gasteiger partial charge in [-0.25, -0.2) is 4.31 Å². The molecule has 0 aromatic heterocycles. The van der Waals surface area contributed by atoms with Crippen molar-refractivity contribution in [2.45, 2.75) is 38.1 Å². The molecule has 1 unspecified atom stereocenters. The van der Waals surface area contributed by atoms with Crippen LogP contribution >= 0.6 is 12.8 Å². The van der Waals surface area contributed by atoms with Crippen molar-refractivity contribution in [3.63, 3.8) is 0 Å². The highest BCUT2D eigenvalue weighted by Gasteiger charge is 2.46. The van der Waals surface area contributed by atoms with E-state index in [4.69, 9.17) is 0 Å². The molecular weight excluding hydrogens is 288 g/mol. The van der Waals surface area contributed by atoms with E-state index in [9.17, 15) is 14.4 Å². The normalized spacial score (nSPS) is 22.3. The van der Waals surface area contributed by atoms with Gasteiger partial charge in [-0.3, -0.25) is 14.4 Å². The molecule has 0 radical (unpaired) electrons. The fraction of sp³-hybridized carbons (Fsp3) is 0.400. The van der Waals surface area contributed by atoms with Crippen LogP contribution in [0.15, 0.2) is 30.3 Å². The van der Waals surface area contributed by atoms with Crippen molar-refractivity contribution in [3.05, 3.63) is 35.9 Å². The van der Waals surface area contributed by atoms with Gasteiger partial charge in [0.2, 0.25) is 5.91 Å². The standard InChI is InChI=1S/C15H18N2O3S/c1-2-9-15(10-8-12(18)17(21)14(15)20)16-13(19)11-6-4-3-5-7-11/h3-7,21H,2,8-10H2,1H3,(H,16,19). The molecule has 0 saturated carbocycles. The zero-order chi connectivity index (χ0) is 15.5. The lowest BCUT2D eigenvalue weighted by Gasteiger charge is -2.38. The summed E-state index contributed by atoms with van der Waals surface area (Å²) >= 11 is 3.95. The van der Waals surface area contributed by atoms with Gasteiger partial charge in [-0.1, -0.05) is 44.4 Å². The molecule has 3 amide bonds. The Morgan fingerprint density at radius 3 is 2.62 bits per heavy atom. The Bertz CT molecular complexity index is 561. The van der Waals surface area contributed by atoms with Crippen molar-refractivity contribution in [3.8, 4) is 0 Å². The monoisotopic (exact) mass is 306 g/mol. The molecule has 1 aromatic carbocycles. The predicted octanol–water partition coefficient (Wildman–Crippen LogP) is 1.95. The van der Waals surface area contributed by atoms with Crippen molar-refractivity contribution < 1.29 is 14.4 Å². The van der Waals surface area contributed by atoms with Gasteiger partial charge in [0.05, 0.1) is 0 Å². The molecule has 1 N–H and O–H groups in total. The lowest BCUT2D eigenvalue weighted by Crippen LogP contribution is -2.62. The molecule has 1 aromatic rings. The fourth-order valence-electron chi connectivity index (χ4n) is 2.57. The second-order valence-corrected chi connectivity index (χ2v) is 5.56. The van der Waals surface area contributed by atoms with Crippen LogP contribution < -0.4 is 5.32 Å². The molecule has 0 aliphatic carbocycles. The topological polar surface area (TPSA) is 66.5 Å². The van der Waals surface area contributed by atoms with Crippen molar-refractivity contribution in [1.82, 2.24) is 9.62 Å². The first-order valence-electron chi connectivity index (χ1n) is 6.94. The molecule has 1 atom stereocenters. The smallest absolute Gasteiger partial charge is 0.264 e. The molecule has 1 aliphatic rings. The average molecular weight is 306 g/mol. The van der Waals surface area contributed by atoms with E-state index in [1.54, 1.807) is 24.3 Å². The van der Waals surface area contributed by atoms with E-state index in [-0.39, 0.29) is 18.2 Å². The van der Waals surface area contributed by atoms with E-state index in [0.717, 1.165) is 10.7 Å². The number of hydrogen-bond donors (Lipinski definition) is 2. The summed E-state index contributed by atoms with van der Waals surface area (Å²) in [6.45, 7) is 1.93. The number of rotatable bonds is 4. The zero-order valence-corrected chi connectivity index (χ0v) is 12.7. The fourth-order valence-corrected chi connectivity index (χ4v) is 2.86. The van der Waals surface area contributed by atoms with Gasteiger partial charge in [-0.05, 0) is 25.0 Å². The maximum absolute atomic E-state index is 12.4. The number of benzene rings is 1. The minimum atomic E-state index is -1.04. The van der Waals surface area contributed by atoms with E-state index in [1.165, 1.54) is 0 Å². The van der Waals surface area contributed by atoms with Gasteiger partial charge >= 0.3 is 0 Å². The van der Waals surface area contributed by atoms with E-state index >= 15 is 0 Å². The summed E-state index contributed by atoms with van der Waals surface area (Å²) in [6, 6.07) is 8.72. The molecule has 112 valence electrons. The number of carbonyl (C=O) groups is 3. The number of nitrogens with zero attached hydrogens (tertiary/aromatic N) is 1. The van der Waals surface area contributed by atoms with Crippen molar-refractivity contribution in [2.75, 3.05) is 0 Å². The van der Waals surface area contributed by atoms with Crippen LogP contribution in [0.3, 0.4) is 0 Å². The molecule has 1 aliphatic heterocycles. The Morgan fingerprint density at radius 2 is 2.00 bits per heavy atom. The number of nitrogens with one attached hydrogen (secondary N) is 1. The van der Waals surface area contributed by atoms with E-state index in [0.29, 0.717) is 18.4 Å². The minimum Gasteiger partial charge on any atom is -0.338 e. The highest BCUT2D eigenvalue weighted by molar-refractivity contribution is 7.79. The number of piperidine rings is 1. The Morgan fingerprint density at radius 1 is 1.33 bits per heavy atom. The predicted molar refractivity (Wildman–Crippen MR) is 81.6 cm³/mol. The molecule has 1 heterocycles. The molecule has 2 rings (SSSR count). The molecular formula is C15H18N2O3S. The van der Waals surface area contributed by atoms with Crippen LogP contribution in [0.4, 0.5) is 0 Å². The molecule has 1 fully saturated rings. The molecule has 5 nitrogen and oxygen atoms in total. The van der Waals surface area contributed by atoms with Crippen molar-refractivity contribution in [2.24, 2.45) is 0 Å². The summed E-state index contributed by atoms with van der Waals surface area (Å²) in [5, 5.41) is 2.82. The SMILES string of the molecule is CCCC1(NC(=O)c2ccccc2)CCC(=O)N(S)C1=O. The van der Waals surface area contributed by atoms with Crippen molar-refractivity contribution in [1.29, 1.82) is 0 Å². The van der Waals surface area contributed by atoms with Gasteiger partial charge in [0.25, 0.3) is 11.8 Å². The van der Waals surface area contributed by atoms with Crippen LogP contribution in [0.2, 0.25) is 0 Å². The Labute approximate surface area is 129 Å². The largest absolute Gasteiger partial charge is 0.338 e. The van der Waals surface area contributed by atoms with E-state index in [1.807, 2.05) is 13.0 Å². The maximum atomic E-state index is 12.4. The second-order valence-electron chi connectivity index (χ2n) is 5.16. The molecule has 0 bridgehead atoms. The quantitative estimate of drug-likeness (QED) is 0.660. The minimum absolute atomic E-state index is 0.199. The van der Waals surface area contributed by atoms with Gasteiger partial charge in [0.15, 0.2) is 0 Å². The number of amides is 3. The second kappa shape index (κ2) is 6.30. The molecule has 0 spiro atoms. The van der Waals surface area contributed by atoms with Crippen LogP contribution in [-0.2, 0) is 9.59 Å². The molecule has 1 saturated heterocycles. The van der Waals surface area contributed by atoms with Gasteiger partial charge in [0.1, 0.15) is 5.54 Å². The van der Waals surface area contributed by atoms with Gasteiger partial charge in [0, 0.05) is 12.0 Å². The van der Waals surface area contributed by atoms with Crippen LogP contribution in [0, 0.1) is 0 Å². The average Bonchev–Trinajstić information content (AvgIpc) is 2.50. The van der Waals surface area contributed by atoms with Crippen LogP contribution in [-0.4, -0.2) is 27.6 Å². The van der Waals surface area contributed by atoms with Crippen molar-refractivity contribution >= 4 is 30.5 Å². The highest BCUT2D eigenvalue weighted by atomic mass is 32.1. The van der Waals surface area contributed by atoms with Gasteiger partial charge < -0.3 is 5.32 Å². The number of imide groups is 1. The lowest BCUT2D eigenvalue weighted by atomic mass is 9.84. The molecule has 6 heteroatoms. The zero-order valence-electron chi connectivity index (χ0n) is 11.8. The Balaban J connectivity index is 2.25. The number of thiol groups is 1. The van der Waals surface area contributed by atoms with E-state index < -0.39 is 11.4 Å². The first kappa shape index (κ1) is 15.6. The third-order valence-electron chi connectivity index (χ3n) is 3.67. The summed E-state index contributed by atoms with van der Waals surface area (Å²) in [6.07, 6.45) is 1.71. The Hall–Kier alpha value is -1.82. The number of hydrogen-bond acceptors (Lipinski definition) is 4. The lowest BCUT2D eigenvalue weighted by molar-refractivity contribution is -0.146. The third-order valence-corrected chi connectivity index (χ3v) is 4.07. The summed E-state index contributed by atoms with van der Waals surface area (Å²) in [4.78, 5) is 36.3. The van der Waals surface area contributed by atoms with Crippen LogP contribution in [0.25, 0.3) is 0 Å². The maximum Gasteiger partial charge on any atom is 0.264 e. The summed E-state index contributed by atoms with van der Waals surface area (Å²) in [5.74, 6) is -1.09. The molecule has 21 heavy (non-hydrogen) atoms. The Kier molecular flexibility index (Phi) is 4.67. The van der Waals surface area contributed by atoms with Gasteiger partial charge in [-0.15, -0.1) is 0 Å². The third kappa shape index (κ3) is 3.10. The highest BCUT2D eigenvalue weighted by Crippen LogP contribution is 2.29.